The molecule has 0 saturated carbocycles. The van der Waals surface area contributed by atoms with Crippen molar-refractivity contribution in [2.24, 2.45) is 0 Å². The topological polar surface area (TPSA) is 64.9 Å². The molecule has 112 valence electrons. The second kappa shape index (κ2) is 6.87. The quantitative estimate of drug-likeness (QED) is 0.502. The van der Waals surface area contributed by atoms with Gasteiger partial charge in [-0.1, -0.05) is 0 Å². The molecule has 0 aliphatic heterocycles. The summed E-state index contributed by atoms with van der Waals surface area (Å²) < 4.78 is 39.2. The van der Waals surface area contributed by atoms with Gasteiger partial charge in [-0.25, -0.2) is 18.0 Å². The molecule has 0 aliphatic carbocycles. The molecule has 0 unspecified atom stereocenters. The first-order chi connectivity index (χ1) is 10.5. The van der Waals surface area contributed by atoms with Crippen molar-refractivity contribution in [1.29, 1.82) is 5.26 Å². The van der Waals surface area contributed by atoms with Crippen LogP contribution in [0.3, 0.4) is 0 Å². The highest BCUT2D eigenvalue weighted by Gasteiger charge is 2.15. The Morgan fingerprint density at radius 3 is 2.32 bits per heavy atom. The number of anilines is 2. The van der Waals surface area contributed by atoms with E-state index in [0.29, 0.717) is 16.6 Å². The van der Waals surface area contributed by atoms with Crippen LogP contribution in [0.15, 0.2) is 41.3 Å². The standard InChI is InChI=1S/C14H8F3N3OS/c15-10-5-6-11(13(17)12(10)16)20-14(21)19-8-1-3-9(4-2-8)22-7-18/h1-6H,(H2,19,20,21). The molecule has 0 radical (unpaired) electrons. The smallest absolute Gasteiger partial charge is 0.308 e. The zero-order valence-corrected chi connectivity index (χ0v) is 11.7. The Hall–Kier alpha value is -2.66. The lowest BCUT2D eigenvalue weighted by molar-refractivity contribution is 0.262. The summed E-state index contributed by atoms with van der Waals surface area (Å²) in [6.45, 7) is 0. The summed E-state index contributed by atoms with van der Waals surface area (Å²) in [5.74, 6) is -4.47. The first-order valence-electron chi connectivity index (χ1n) is 5.88. The van der Waals surface area contributed by atoms with E-state index in [1.807, 2.05) is 5.40 Å². The largest absolute Gasteiger partial charge is 0.323 e. The molecule has 0 saturated heterocycles. The van der Waals surface area contributed by atoms with E-state index in [1.54, 1.807) is 24.3 Å². The number of rotatable bonds is 3. The number of thiocyanates is 1. The minimum absolute atomic E-state index is 0.391. The van der Waals surface area contributed by atoms with Crippen molar-refractivity contribution >= 4 is 29.2 Å². The summed E-state index contributed by atoms with van der Waals surface area (Å²) in [6, 6.07) is 7.12. The number of nitrogens with one attached hydrogen (secondary N) is 2. The van der Waals surface area contributed by atoms with Crippen molar-refractivity contribution in [3.63, 3.8) is 0 Å². The van der Waals surface area contributed by atoms with Crippen LogP contribution in [0.2, 0.25) is 0 Å². The normalized spacial score (nSPS) is 9.91. The van der Waals surface area contributed by atoms with E-state index in [-0.39, 0.29) is 0 Å². The molecule has 8 heteroatoms. The van der Waals surface area contributed by atoms with Gasteiger partial charge in [0.05, 0.1) is 5.69 Å². The second-order valence-electron chi connectivity index (χ2n) is 4.02. The number of hydrogen-bond donors (Lipinski definition) is 2. The molecule has 0 atom stereocenters. The number of thioether (sulfide) groups is 1. The molecule has 0 fully saturated rings. The maximum atomic E-state index is 13.4. The monoisotopic (exact) mass is 323 g/mol. The van der Waals surface area contributed by atoms with Crippen molar-refractivity contribution in [1.82, 2.24) is 0 Å². The highest BCUT2D eigenvalue weighted by atomic mass is 32.2. The minimum Gasteiger partial charge on any atom is -0.308 e. The molecule has 2 amide bonds. The van der Waals surface area contributed by atoms with Gasteiger partial charge in [0.25, 0.3) is 0 Å². The second-order valence-corrected chi connectivity index (χ2v) is 4.88. The number of halogens is 3. The molecule has 2 rings (SSSR count). The van der Waals surface area contributed by atoms with E-state index < -0.39 is 29.2 Å². The number of hydrogen-bond acceptors (Lipinski definition) is 3. The summed E-state index contributed by atoms with van der Waals surface area (Å²) >= 11 is 0.961. The third kappa shape index (κ3) is 3.71. The molecular weight excluding hydrogens is 315 g/mol. The van der Waals surface area contributed by atoms with Crippen LogP contribution in [0.1, 0.15) is 0 Å². The lowest BCUT2D eigenvalue weighted by Gasteiger charge is -2.09. The molecule has 0 aromatic heterocycles. The van der Waals surface area contributed by atoms with E-state index >= 15 is 0 Å². The van der Waals surface area contributed by atoms with Gasteiger partial charge in [0.2, 0.25) is 0 Å². The van der Waals surface area contributed by atoms with Crippen LogP contribution in [-0.4, -0.2) is 6.03 Å². The van der Waals surface area contributed by atoms with Gasteiger partial charge in [0, 0.05) is 10.6 Å². The molecule has 2 N–H and O–H groups in total. The van der Waals surface area contributed by atoms with Crippen molar-refractivity contribution in [3.8, 4) is 5.40 Å². The van der Waals surface area contributed by atoms with Gasteiger partial charge in [0.15, 0.2) is 17.5 Å². The van der Waals surface area contributed by atoms with Crippen LogP contribution in [0.4, 0.5) is 29.3 Å². The van der Waals surface area contributed by atoms with Gasteiger partial charge in [-0.3, -0.25) is 0 Å². The average Bonchev–Trinajstić information content (AvgIpc) is 2.50. The number of nitrogens with zero attached hydrogens (tertiary/aromatic N) is 1. The molecule has 0 heterocycles. The number of nitriles is 1. The van der Waals surface area contributed by atoms with Crippen LogP contribution in [-0.2, 0) is 0 Å². The van der Waals surface area contributed by atoms with E-state index in [9.17, 15) is 18.0 Å². The highest BCUT2D eigenvalue weighted by Crippen LogP contribution is 2.21. The van der Waals surface area contributed by atoms with E-state index in [1.165, 1.54) is 0 Å². The zero-order chi connectivity index (χ0) is 16.1. The van der Waals surface area contributed by atoms with Crippen LogP contribution >= 0.6 is 11.8 Å². The molecule has 2 aromatic carbocycles. The maximum absolute atomic E-state index is 13.4. The van der Waals surface area contributed by atoms with Crippen LogP contribution in [0, 0.1) is 28.1 Å². The number of amides is 2. The summed E-state index contributed by atoms with van der Waals surface area (Å²) in [6.07, 6.45) is 0. The SMILES string of the molecule is N#CSc1ccc(NC(=O)Nc2ccc(F)c(F)c2F)cc1. The summed E-state index contributed by atoms with van der Waals surface area (Å²) in [5.41, 5.74) is -0.0872. The average molecular weight is 323 g/mol. The molecular formula is C14H8F3N3OS. The first-order valence-corrected chi connectivity index (χ1v) is 6.70. The molecule has 4 nitrogen and oxygen atoms in total. The Morgan fingerprint density at radius 2 is 1.68 bits per heavy atom. The molecule has 22 heavy (non-hydrogen) atoms. The molecule has 2 aromatic rings. The third-order valence-corrected chi connectivity index (χ3v) is 3.16. The Labute approximate surface area is 127 Å². The predicted octanol–water partition coefficient (Wildman–Crippen LogP) is 4.32. The Morgan fingerprint density at radius 1 is 1.00 bits per heavy atom. The summed E-state index contributed by atoms with van der Waals surface area (Å²) in [5, 5.41) is 14.9. The van der Waals surface area contributed by atoms with Gasteiger partial charge < -0.3 is 10.6 Å². The zero-order valence-electron chi connectivity index (χ0n) is 10.9. The van der Waals surface area contributed by atoms with Crippen LogP contribution in [0.5, 0.6) is 0 Å². The van der Waals surface area contributed by atoms with Crippen LogP contribution in [0.25, 0.3) is 0 Å². The minimum atomic E-state index is -1.66. The number of carbonyl (C=O) groups is 1. The lowest BCUT2D eigenvalue weighted by atomic mass is 10.3. The van der Waals surface area contributed by atoms with Crippen molar-refractivity contribution in [2.45, 2.75) is 4.90 Å². The van der Waals surface area contributed by atoms with Gasteiger partial charge in [0.1, 0.15) is 5.40 Å². The number of benzene rings is 2. The van der Waals surface area contributed by atoms with E-state index in [0.717, 1.165) is 17.8 Å². The Kier molecular flexibility index (Phi) is 4.91. The molecule has 0 aliphatic rings. The summed E-state index contributed by atoms with van der Waals surface area (Å²) in [4.78, 5) is 12.4. The van der Waals surface area contributed by atoms with E-state index in [2.05, 4.69) is 10.6 Å². The third-order valence-electron chi connectivity index (χ3n) is 2.56. The predicted molar refractivity (Wildman–Crippen MR) is 76.9 cm³/mol. The van der Waals surface area contributed by atoms with Crippen molar-refractivity contribution in [3.05, 3.63) is 53.8 Å². The molecule has 0 spiro atoms. The Bertz CT molecular complexity index is 744. The van der Waals surface area contributed by atoms with Gasteiger partial charge in [-0.2, -0.15) is 5.26 Å². The summed E-state index contributed by atoms with van der Waals surface area (Å²) in [7, 11) is 0. The van der Waals surface area contributed by atoms with Crippen molar-refractivity contribution in [2.75, 3.05) is 10.6 Å². The van der Waals surface area contributed by atoms with Gasteiger partial charge >= 0.3 is 6.03 Å². The van der Waals surface area contributed by atoms with Crippen LogP contribution < -0.4 is 10.6 Å². The van der Waals surface area contributed by atoms with E-state index in [4.69, 9.17) is 5.26 Å². The lowest BCUT2D eigenvalue weighted by Crippen LogP contribution is -2.20. The fourth-order valence-corrected chi connectivity index (χ4v) is 1.94. The fourth-order valence-electron chi connectivity index (χ4n) is 1.57. The van der Waals surface area contributed by atoms with Gasteiger partial charge in [-0.05, 0) is 48.2 Å². The maximum Gasteiger partial charge on any atom is 0.323 e. The van der Waals surface area contributed by atoms with Gasteiger partial charge in [-0.15, -0.1) is 0 Å². The highest BCUT2D eigenvalue weighted by molar-refractivity contribution is 8.03. The molecule has 0 bridgehead atoms. The van der Waals surface area contributed by atoms with Crippen molar-refractivity contribution < 1.29 is 18.0 Å². The number of carbonyl (C=O) groups excluding carboxylic acids is 1. The Balaban J connectivity index is 2.04. The fraction of sp³-hybridized carbons (Fsp3) is 0. The first kappa shape index (κ1) is 15.7. The number of urea groups is 1.